The molecule has 1 rings (SSSR count). The quantitative estimate of drug-likeness (QED) is 0.649. The number of hydrogen-bond acceptors (Lipinski definition) is 3. The van der Waals surface area contributed by atoms with Crippen molar-refractivity contribution in [2.75, 3.05) is 20.6 Å². The fraction of sp³-hybridized carbons (Fsp3) is 0.800. The van der Waals surface area contributed by atoms with Crippen LogP contribution < -0.4 is 11.1 Å². The van der Waals surface area contributed by atoms with Crippen molar-refractivity contribution in [3.63, 3.8) is 0 Å². The van der Waals surface area contributed by atoms with Gasteiger partial charge in [-0.25, -0.2) is 0 Å². The van der Waals surface area contributed by atoms with E-state index in [0.29, 0.717) is 0 Å². The summed E-state index contributed by atoms with van der Waals surface area (Å²) in [6.07, 6.45) is 2.00. The molecule has 1 unspecified atom stereocenters. The first-order valence-corrected chi connectivity index (χ1v) is 5.13. The van der Waals surface area contributed by atoms with Crippen molar-refractivity contribution in [2.45, 2.75) is 25.3 Å². The zero-order valence-corrected chi connectivity index (χ0v) is 9.54. The number of nitrogens with zero attached hydrogens (tertiary/aromatic N) is 1. The molecule has 0 aromatic heterocycles. The van der Waals surface area contributed by atoms with E-state index in [1.807, 2.05) is 0 Å². The molecule has 0 bridgehead atoms. The summed E-state index contributed by atoms with van der Waals surface area (Å²) in [5.74, 6) is -0.0953. The minimum atomic E-state index is -0.827. The van der Waals surface area contributed by atoms with Gasteiger partial charge in [-0.3, -0.25) is 9.59 Å². The monoisotopic (exact) mass is 213 g/mol. The van der Waals surface area contributed by atoms with Gasteiger partial charge in [0.15, 0.2) is 0 Å². The summed E-state index contributed by atoms with van der Waals surface area (Å²) >= 11 is 0. The number of nitrogens with one attached hydrogen (secondary N) is 1. The Hall–Kier alpha value is -1.10. The summed E-state index contributed by atoms with van der Waals surface area (Å²) in [6.45, 7) is 1.74. The first-order valence-electron chi connectivity index (χ1n) is 5.13. The van der Waals surface area contributed by atoms with E-state index < -0.39 is 5.54 Å². The molecule has 86 valence electrons. The number of likely N-dealkylation sites (N-methyl/N-ethyl adjacent to an activating group) is 1. The van der Waals surface area contributed by atoms with Gasteiger partial charge in [0.1, 0.15) is 0 Å². The molecule has 2 amide bonds. The second-order valence-corrected chi connectivity index (χ2v) is 4.53. The number of hydrogen-bond donors (Lipinski definition) is 2. The Morgan fingerprint density at radius 2 is 2.00 bits per heavy atom. The molecule has 0 heterocycles. The first kappa shape index (κ1) is 12.0. The third kappa shape index (κ3) is 2.92. The molecule has 5 heteroatoms. The van der Waals surface area contributed by atoms with Crippen molar-refractivity contribution < 1.29 is 9.59 Å². The van der Waals surface area contributed by atoms with Crippen LogP contribution in [0.3, 0.4) is 0 Å². The fourth-order valence-electron chi connectivity index (χ4n) is 1.37. The Kier molecular flexibility index (Phi) is 3.34. The zero-order valence-electron chi connectivity index (χ0n) is 9.54. The highest BCUT2D eigenvalue weighted by Crippen LogP contribution is 2.37. The molecule has 15 heavy (non-hydrogen) atoms. The topological polar surface area (TPSA) is 75.4 Å². The lowest BCUT2D eigenvalue weighted by atomic mass is 9.96. The molecule has 0 aromatic carbocycles. The van der Waals surface area contributed by atoms with Crippen LogP contribution in [0.4, 0.5) is 0 Å². The highest BCUT2D eigenvalue weighted by molar-refractivity contribution is 5.90. The highest BCUT2D eigenvalue weighted by atomic mass is 16.2. The van der Waals surface area contributed by atoms with Crippen LogP contribution in [-0.2, 0) is 9.59 Å². The number of rotatable bonds is 4. The Morgan fingerprint density at radius 3 is 2.40 bits per heavy atom. The van der Waals surface area contributed by atoms with E-state index in [9.17, 15) is 9.59 Å². The van der Waals surface area contributed by atoms with Crippen molar-refractivity contribution in [3.05, 3.63) is 0 Å². The van der Waals surface area contributed by atoms with Crippen molar-refractivity contribution in [1.29, 1.82) is 0 Å². The number of carbonyl (C=O) groups is 2. The van der Waals surface area contributed by atoms with E-state index in [2.05, 4.69) is 5.32 Å². The Balaban J connectivity index is 2.38. The smallest absolute Gasteiger partial charge is 0.241 e. The summed E-state index contributed by atoms with van der Waals surface area (Å²) < 4.78 is 0. The van der Waals surface area contributed by atoms with Crippen molar-refractivity contribution in [3.8, 4) is 0 Å². The number of amides is 2. The molecule has 5 nitrogen and oxygen atoms in total. The SMILES string of the molecule is CN(C)C(=O)CNC(=O)C(C)(N)C1CC1. The Bertz CT molecular complexity index is 270. The maximum absolute atomic E-state index is 11.7. The largest absolute Gasteiger partial charge is 0.347 e. The van der Waals surface area contributed by atoms with Crippen molar-refractivity contribution in [1.82, 2.24) is 10.2 Å². The maximum atomic E-state index is 11.7. The second-order valence-electron chi connectivity index (χ2n) is 4.53. The molecule has 0 saturated heterocycles. The molecular formula is C10H19N3O2. The average Bonchev–Trinajstić information content (AvgIpc) is 2.95. The lowest BCUT2D eigenvalue weighted by molar-refractivity contribution is -0.132. The minimum absolute atomic E-state index is 0.0192. The molecule has 0 radical (unpaired) electrons. The van der Waals surface area contributed by atoms with Gasteiger partial charge in [0.05, 0.1) is 12.1 Å². The standard InChI is InChI=1S/C10H19N3O2/c1-10(11,7-4-5-7)9(15)12-6-8(14)13(2)3/h7H,4-6,11H2,1-3H3,(H,12,15). The van der Waals surface area contributed by atoms with Gasteiger partial charge in [-0.05, 0) is 25.7 Å². The number of carbonyl (C=O) groups excluding carboxylic acids is 2. The molecule has 1 fully saturated rings. The maximum Gasteiger partial charge on any atom is 0.241 e. The molecule has 1 aliphatic rings. The van der Waals surface area contributed by atoms with Gasteiger partial charge in [-0.15, -0.1) is 0 Å². The van der Waals surface area contributed by atoms with E-state index in [1.54, 1.807) is 21.0 Å². The average molecular weight is 213 g/mol. The zero-order chi connectivity index (χ0) is 11.6. The molecular weight excluding hydrogens is 194 g/mol. The lowest BCUT2D eigenvalue weighted by Gasteiger charge is -2.23. The molecule has 1 saturated carbocycles. The van der Waals surface area contributed by atoms with Gasteiger partial charge in [-0.1, -0.05) is 0 Å². The number of nitrogens with two attached hydrogens (primary N) is 1. The van der Waals surface area contributed by atoms with Gasteiger partial charge in [0, 0.05) is 14.1 Å². The van der Waals surface area contributed by atoms with Gasteiger partial charge >= 0.3 is 0 Å². The van der Waals surface area contributed by atoms with Crippen LogP contribution in [0.2, 0.25) is 0 Å². The highest BCUT2D eigenvalue weighted by Gasteiger charge is 2.43. The van der Waals surface area contributed by atoms with Gasteiger partial charge < -0.3 is 16.0 Å². The minimum Gasteiger partial charge on any atom is -0.347 e. The van der Waals surface area contributed by atoms with Crippen LogP contribution in [-0.4, -0.2) is 42.9 Å². The van der Waals surface area contributed by atoms with E-state index >= 15 is 0 Å². The van der Waals surface area contributed by atoms with Crippen LogP contribution in [0.15, 0.2) is 0 Å². The van der Waals surface area contributed by atoms with E-state index in [1.165, 1.54) is 4.90 Å². The first-order chi connectivity index (χ1) is 6.85. The predicted molar refractivity (Wildman–Crippen MR) is 57.0 cm³/mol. The fourth-order valence-corrected chi connectivity index (χ4v) is 1.37. The van der Waals surface area contributed by atoms with Crippen LogP contribution in [0, 0.1) is 5.92 Å². The molecule has 0 aromatic rings. The summed E-state index contributed by atoms with van der Waals surface area (Å²) in [5, 5.41) is 2.57. The van der Waals surface area contributed by atoms with Gasteiger partial charge in [0.2, 0.25) is 11.8 Å². The molecule has 3 N–H and O–H groups in total. The normalized spacial score (nSPS) is 19.2. The van der Waals surface area contributed by atoms with Crippen LogP contribution >= 0.6 is 0 Å². The third-order valence-corrected chi connectivity index (χ3v) is 2.81. The van der Waals surface area contributed by atoms with Gasteiger partial charge in [-0.2, -0.15) is 0 Å². The molecule has 0 aliphatic heterocycles. The summed E-state index contributed by atoms with van der Waals surface area (Å²) in [5.41, 5.74) is 5.06. The summed E-state index contributed by atoms with van der Waals surface area (Å²) in [6, 6.07) is 0. The van der Waals surface area contributed by atoms with E-state index in [-0.39, 0.29) is 24.3 Å². The van der Waals surface area contributed by atoms with Gasteiger partial charge in [0.25, 0.3) is 0 Å². The summed E-state index contributed by atoms with van der Waals surface area (Å²) in [4.78, 5) is 24.3. The van der Waals surface area contributed by atoms with Crippen LogP contribution in [0.5, 0.6) is 0 Å². The Morgan fingerprint density at radius 1 is 1.47 bits per heavy atom. The Labute approximate surface area is 90.0 Å². The van der Waals surface area contributed by atoms with Crippen molar-refractivity contribution in [2.24, 2.45) is 11.7 Å². The lowest BCUT2D eigenvalue weighted by Crippen LogP contribution is -2.54. The van der Waals surface area contributed by atoms with Crippen LogP contribution in [0.1, 0.15) is 19.8 Å². The summed E-state index contributed by atoms with van der Waals surface area (Å²) in [7, 11) is 3.30. The molecule has 1 aliphatic carbocycles. The second kappa shape index (κ2) is 4.18. The van der Waals surface area contributed by atoms with Crippen LogP contribution in [0.25, 0.3) is 0 Å². The van der Waals surface area contributed by atoms with Crippen molar-refractivity contribution >= 4 is 11.8 Å². The third-order valence-electron chi connectivity index (χ3n) is 2.81. The molecule has 0 spiro atoms. The predicted octanol–water partition coefficient (Wildman–Crippen LogP) is -0.682. The van der Waals surface area contributed by atoms with E-state index in [4.69, 9.17) is 5.73 Å². The van der Waals surface area contributed by atoms with E-state index in [0.717, 1.165) is 12.8 Å². The molecule has 1 atom stereocenters.